The average molecular weight is 270 g/mol. The third-order valence-corrected chi connectivity index (χ3v) is 6.66. The van der Waals surface area contributed by atoms with Crippen molar-refractivity contribution in [3.63, 3.8) is 0 Å². The first-order valence-electron chi connectivity index (χ1n) is 8.33. The molecule has 0 amide bonds. The van der Waals surface area contributed by atoms with Gasteiger partial charge in [0.25, 0.3) is 0 Å². The lowest BCUT2D eigenvalue weighted by Gasteiger charge is -2.59. The summed E-state index contributed by atoms with van der Waals surface area (Å²) in [6, 6.07) is 6.53. The number of hydrogen-bond acceptors (Lipinski definition) is 1. The van der Waals surface area contributed by atoms with E-state index in [1.54, 1.807) is 0 Å². The Morgan fingerprint density at radius 1 is 0.950 bits per heavy atom. The first-order chi connectivity index (χ1) is 9.56. The molecule has 0 saturated heterocycles. The standard InChI is InChI=1S/C19H26O/c1-12-4-3-5-13(2)18(12)11-19(20)16-7-14-6-15(9-16)10-17(19)8-14/h3-5,14-17,20H,6-11H2,1-2H3. The molecule has 0 atom stereocenters. The molecule has 1 nitrogen and oxygen atoms in total. The highest BCUT2D eigenvalue weighted by molar-refractivity contribution is 5.35. The Bertz CT molecular complexity index is 482. The minimum atomic E-state index is -0.412. The quantitative estimate of drug-likeness (QED) is 0.860. The van der Waals surface area contributed by atoms with Crippen LogP contribution in [0.3, 0.4) is 0 Å². The highest BCUT2D eigenvalue weighted by Gasteiger charge is 2.56. The first-order valence-corrected chi connectivity index (χ1v) is 8.33. The molecule has 0 radical (unpaired) electrons. The summed E-state index contributed by atoms with van der Waals surface area (Å²) in [6.07, 6.45) is 7.48. The third-order valence-electron chi connectivity index (χ3n) is 6.66. The van der Waals surface area contributed by atoms with E-state index in [0.717, 1.165) is 18.3 Å². The molecule has 4 saturated carbocycles. The van der Waals surface area contributed by atoms with Crippen molar-refractivity contribution in [3.05, 3.63) is 34.9 Å². The van der Waals surface area contributed by atoms with Gasteiger partial charge in [0.05, 0.1) is 5.60 Å². The zero-order valence-electron chi connectivity index (χ0n) is 12.7. The van der Waals surface area contributed by atoms with Crippen LogP contribution in [0.5, 0.6) is 0 Å². The van der Waals surface area contributed by atoms with Crippen LogP contribution in [0.25, 0.3) is 0 Å². The lowest BCUT2D eigenvalue weighted by atomic mass is 9.49. The normalized spacial score (nSPS) is 42.1. The number of rotatable bonds is 2. The van der Waals surface area contributed by atoms with E-state index < -0.39 is 5.60 Å². The minimum absolute atomic E-state index is 0.412. The van der Waals surface area contributed by atoms with Gasteiger partial charge >= 0.3 is 0 Å². The van der Waals surface area contributed by atoms with Gasteiger partial charge in [-0.15, -0.1) is 0 Å². The van der Waals surface area contributed by atoms with Crippen LogP contribution in [0.4, 0.5) is 0 Å². The molecule has 0 heterocycles. The summed E-state index contributed by atoms with van der Waals surface area (Å²) < 4.78 is 0. The third kappa shape index (κ3) is 1.79. The molecule has 1 aromatic rings. The van der Waals surface area contributed by atoms with Crippen molar-refractivity contribution in [1.29, 1.82) is 0 Å². The van der Waals surface area contributed by atoms with E-state index in [1.807, 2.05) is 0 Å². The van der Waals surface area contributed by atoms with Crippen LogP contribution in [0.2, 0.25) is 0 Å². The SMILES string of the molecule is Cc1cccc(C)c1CC1(O)C2CC3CC(C2)CC1C3. The molecule has 0 aromatic heterocycles. The Morgan fingerprint density at radius 2 is 1.45 bits per heavy atom. The first kappa shape index (κ1) is 12.9. The van der Waals surface area contributed by atoms with Gasteiger partial charge < -0.3 is 5.11 Å². The molecule has 20 heavy (non-hydrogen) atoms. The average Bonchev–Trinajstić information content (AvgIpc) is 2.40. The molecule has 1 aromatic carbocycles. The monoisotopic (exact) mass is 270 g/mol. The lowest BCUT2D eigenvalue weighted by molar-refractivity contribution is -0.171. The van der Waals surface area contributed by atoms with Gasteiger partial charge in [0.2, 0.25) is 0 Å². The van der Waals surface area contributed by atoms with Crippen LogP contribution in [0.15, 0.2) is 18.2 Å². The van der Waals surface area contributed by atoms with Crippen LogP contribution in [0.1, 0.15) is 48.8 Å². The predicted molar refractivity (Wildman–Crippen MR) is 81.6 cm³/mol. The maximum absolute atomic E-state index is 11.5. The molecule has 0 spiro atoms. The number of aliphatic hydroxyl groups is 1. The van der Waals surface area contributed by atoms with Gasteiger partial charge in [-0.1, -0.05) is 18.2 Å². The van der Waals surface area contributed by atoms with Crippen LogP contribution < -0.4 is 0 Å². The van der Waals surface area contributed by atoms with Gasteiger partial charge in [-0.25, -0.2) is 0 Å². The Kier molecular flexibility index (Phi) is 2.79. The fourth-order valence-corrected chi connectivity index (χ4v) is 5.70. The van der Waals surface area contributed by atoms with Crippen molar-refractivity contribution < 1.29 is 5.11 Å². The Hall–Kier alpha value is -0.820. The van der Waals surface area contributed by atoms with Crippen molar-refractivity contribution in [2.24, 2.45) is 23.7 Å². The molecule has 4 bridgehead atoms. The maximum Gasteiger partial charge on any atom is 0.0744 e. The van der Waals surface area contributed by atoms with E-state index in [4.69, 9.17) is 0 Å². The summed E-state index contributed by atoms with van der Waals surface area (Å²) in [5.41, 5.74) is 3.70. The zero-order valence-corrected chi connectivity index (χ0v) is 12.7. The summed E-state index contributed by atoms with van der Waals surface area (Å²) in [7, 11) is 0. The topological polar surface area (TPSA) is 20.2 Å². The van der Waals surface area contributed by atoms with Crippen molar-refractivity contribution in [3.8, 4) is 0 Å². The molecule has 4 aliphatic rings. The molecule has 0 aliphatic heterocycles. The molecule has 1 heteroatoms. The van der Waals surface area contributed by atoms with Crippen LogP contribution in [0, 0.1) is 37.5 Å². The van der Waals surface area contributed by atoms with Gasteiger partial charge in [0.15, 0.2) is 0 Å². The van der Waals surface area contributed by atoms with Gasteiger partial charge in [0.1, 0.15) is 0 Å². The van der Waals surface area contributed by atoms with Crippen LogP contribution in [-0.2, 0) is 6.42 Å². The Balaban J connectivity index is 1.68. The number of aryl methyl sites for hydroxylation is 2. The highest BCUT2D eigenvalue weighted by atomic mass is 16.3. The zero-order chi connectivity index (χ0) is 13.9. The second-order valence-corrected chi connectivity index (χ2v) is 7.84. The van der Waals surface area contributed by atoms with E-state index in [-0.39, 0.29) is 0 Å². The van der Waals surface area contributed by atoms with Crippen molar-refractivity contribution >= 4 is 0 Å². The number of hydrogen-bond donors (Lipinski definition) is 1. The van der Waals surface area contributed by atoms with E-state index in [1.165, 1.54) is 48.8 Å². The highest BCUT2D eigenvalue weighted by Crippen LogP contribution is 2.59. The fourth-order valence-electron chi connectivity index (χ4n) is 5.70. The second kappa shape index (κ2) is 4.34. The van der Waals surface area contributed by atoms with Gasteiger partial charge in [-0.2, -0.15) is 0 Å². The molecule has 1 N–H and O–H groups in total. The molecule has 0 unspecified atom stereocenters. The molecule has 108 valence electrons. The number of benzene rings is 1. The van der Waals surface area contributed by atoms with Crippen molar-refractivity contribution in [2.75, 3.05) is 0 Å². The largest absolute Gasteiger partial charge is 0.389 e. The van der Waals surface area contributed by atoms with E-state index >= 15 is 0 Å². The van der Waals surface area contributed by atoms with Crippen molar-refractivity contribution in [1.82, 2.24) is 0 Å². The van der Waals surface area contributed by atoms with Crippen LogP contribution in [-0.4, -0.2) is 10.7 Å². The predicted octanol–water partition coefficient (Wildman–Crippen LogP) is 4.03. The van der Waals surface area contributed by atoms with Crippen molar-refractivity contribution in [2.45, 2.75) is 58.0 Å². The molecular weight excluding hydrogens is 244 g/mol. The molecule has 4 aliphatic carbocycles. The second-order valence-electron chi connectivity index (χ2n) is 7.84. The Labute approximate surface area is 122 Å². The van der Waals surface area contributed by atoms with Gasteiger partial charge in [0, 0.05) is 6.42 Å². The van der Waals surface area contributed by atoms with E-state index in [9.17, 15) is 5.11 Å². The summed E-state index contributed by atoms with van der Waals surface area (Å²) >= 11 is 0. The van der Waals surface area contributed by atoms with E-state index in [2.05, 4.69) is 32.0 Å². The fraction of sp³-hybridized carbons (Fsp3) is 0.684. The Morgan fingerprint density at radius 3 is 1.95 bits per heavy atom. The lowest BCUT2D eigenvalue weighted by Crippen LogP contribution is -2.58. The van der Waals surface area contributed by atoms with E-state index in [0.29, 0.717) is 11.8 Å². The molecule has 5 rings (SSSR count). The smallest absolute Gasteiger partial charge is 0.0744 e. The van der Waals surface area contributed by atoms with Gasteiger partial charge in [-0.3, -0.25) is 0 Å². The molecular formula is C19H26O. The summed E-state index contributed by atoms with van der Waals surface area (Å²) in [5, 5.41) is 11.5. The van der Waals surface area contributed by atoms with Crippen LogP contribution >= 0.6 is 0 Å². The maximum atomic E-state index is 11.5. The summed E-state index contributed by atoms with van der Waals surface area (Å²) in [5.74, 6) is 2.99. The summed E-state index contributed by atoms with van der Waals surface area (Å²) in [4.78, 5) is 0. The molecule has 4 fully saturated rings. The summed E-state index contributed by atoms with van der Waals surface area (Å²) in [6.45, 7) is 4.39. The minimum Gasteiger partial charge on any atom is -0.389 e. The van der Waals surface area contributed by atoms with Gasteiger partial charge in [-0.05, 0) is 86.3 Å².